The molecule has 9 aromatic carbocycles. The van der Waals surface area contributed by atoms with Gasteiger partial charge in [0.15, 0.2) is 0 Å². The van der Waals surface area contributed by atoms with Crippen LogP contribution in [0.5, 0.6) is 0 Å². The molecule has 272 valence electrons. The molecule has 0 atom stereocenters. The molecule has 0 spiro atoms. The number of rotatable bonds is 6. The van der Waals surface area contributed by atoms with Crippen molar-refractivity contribution in [2.75, 3.05) is 4.90 Å². The van der Waals surface area contributed by atoms with Crippen molar-refractivity contribution in [3.8, 4) is 33.4 Å². The lowest BCUT2D eigenvalue weighted by Gasteiger charge is -2.26. The molecule has 12 rings (SSSR count). The van der Waals surface area contributed by atoms with Crippen LogP contribution in [0.2, 0.25) is 0 Å². The molecule has 0 saturated heterocycles. The van der Waals surface area contributed by atoms with Gasteiger partial charge in [0.05, 0.1) is 16.6 Å². The van der Waals surface area contributed by atoms with Gasteiger partial charge in [-0.05, 0) is 71.3 Å². The lowest BCUT2D eigenvalue weighted by molar-refractivity contribution is 1.28. The van der Waals surface area contributed by atoms with Crippen LogP contribution < -0.4 is 4.90 Å². The van der Waals surface area contributed by atoms with Gasteiger partial charge in [-0.3, -0.25) is 0 Å². The van der Waals surface area contributed by atoms with Gasteiger partial charge in [0, 0.05) is 82.6 Å². The van der Waals surface area contributed by atoms with Crippen LogP contribution >= 0.6 is 0 Å². The molecule has 0 saturated carbocycles. The topological polar surface area (TPSA) is 50.6 Å². The fourth-order valence-corrected chi connectivity index (χ4v) is 9.18. The van der Waals surface area contributed by atoms with Crippen molar-refractivity contribution >= 4 is 82.5 Å². The molecule has 3 heterocycles. The molecule has 4 heteroatoms. The summed E-state index contributed by atoms with van der Waals surface area (Å²) in [4.78, 5) is 13.5. The molecule has 0 aliphatic rings. The first kappa shape index (κ1) is 32.4. The van der Waals surface area contributed by atoms with E-state index in [9.17, 15) is 0 Å². The maximum Gasteiger partial charge on any atom is 0.0544 e. The summed E-state index contributed by atoms with van der Waals surface area (Å²) in [6.07, 6.45) is 0. The Morgan fingerprint density at radius 1 is 0.259 bits per heavy atom. The Hall–Kier alpha value is -7.82. The van der Waals surface area contributed by atoms with Crippen LogP contribution in [-0.2, 0) is 0 Å². The number of nitrogens with zero attached hydrogens (tertiary/aromatic N) is 1. The van der Waals surface area contributed by atoms with Crippen LogP contribution in [-0.4, -0.2) is 15.0 Å². The second-order valence-corrected chi connectivity index (χ2v) is 15.2. The number of H-pyrrole nitrogens is 3. The minimum atomic E-state index is 1.08. The average Bonchev–Trinajstić information content (AvgIpc) is 3.99. The van der Waals surface area contributed by atoms with E-state index in [-0.39, 0.29) is 0 Å². The SMILES string of the molecule is c1cc(-c2cccc3c2[nH]c2ccccc23)cc(N(c2ccc(-c3cccc4c3[nH]c3ccccc34)cc2)c2ccc(-c3cccc4c3[nH]c3ccccc34)cc2)c1. The molecule has 0 bridgehead atoms. The van der Waals surface area contributed by atoms with Crippen LogP contribution in [0.3, 0.4) is 0 Å². The van der Waals surface area contributed by atoms with Gasteiger partial charge in [-0.15, -0.1) is 0 Å². The number of nitrogens with one attached hydrogen (secondary N) is 3. The van der Waals surface area contributed by atoms with Gasteiger partial charge >= 0.3 is 0 Å². The number of benzene rings is 9. The Bertz CT molecular complexity index is 3350. The quantitative estimate of drug-likeness (QED) is 0.156. The third-order valence-electron chi connectivity index (χ3n) is 11.9. The molecule has 0 amide bonds. The highest BCUT2D eigenvalue weighted by Crippen LogP contribution is 2.42. The van der Waals surface area contributed by atoms with Crippen LogP contribution in [0.15, 0.2) is 200 Å². The van der Waals surface area contributed by atoms with Gasteiger partial charge in [-0.2, -0.15) is 0 Å². The Morgan fingerprint density at radius 3 is 1.05 bits per heavy atom. The van der Waals surface area contributed by atoms with E-state index in [0.29, 0.717) is 0 Å². The molecule has 0 fully saturated rings. The number of para-hydroxylation sites is 6. The third-order valence-corrected chi connectivity index (χ3v) is 11.9. The Balaban J connectivity index is 0.988. The summed E-state index contributed by atoms with van der Waals surface area (Å²) in [5.74, 6) is 0. The number of anilines is 3. The number of aromatic amines is 3. The summed E-state index contributed by atoms with van der Waals surface area (Å²) >= 11 is 0. The zero-order chi connectivity index (χ0) is 38.2. The number of hydrogen-bond donors (Lipinski definition) is 3. The van der Waals surface area contributed by atoms with Crippen molar-refractivity contribution < 1.29 is 0 Å². The molecule has 3 aromatic heterocycles. The highest BCUT2D eigenvalue weighted by atomic mass is 15.1. The van der Waals surface area contributed by atoms with E-state index in [1.807, 2.05) is 0 Å². The minimum absolute atomic E-state index is 1.08. The van der Waals surface area contributed by atoms with Crippen molar-refractivity contribution in [3.05, 3.63) is 200 Å². The normalized spacial score (nSPS) is 11.8. The van der Waals surface area contributed by atoms with Gasteiger partial charge in [0.2, 0.25) is 0 Å². The first-order valence-electron chi connectivity index (χ1n) is 19.8. The fourth-order valence-electron chi connectivity index (χ4n) is 9.18. The Labute approximate surface area is 334 Å². The van der Waals surface area contributed by atoms with E-state index < -0.39 is 0 Å². The number of aromatic nitrogens is 3. The van der Waals surface area contributed by atoms with Gasteiger partial charge in [0.1, 0.15) is 0 Å². The smallest absolute Gasteiger partial charge is 0.0544 e. The molecule has 0 aliphatic heterocycles. The summed E-state index contributed by atoms with van der Waals surface area (Å²) < 4.78 is 0. The van der Waals surface area contributed by atoms with E-state index in [0.717, 1.165) is 55.7 Å². The van der Waals surface area contributed by atoms with Crippen molar-refractivity contribution in [1.29, 1.82) is 0 Å². The van der Waals surface area contributed by atoms with E-state index in [2.05, 4.69) is 220 Å². The van der Waals surface area contributed by atoms with E-state index in [1.165, 1.54) is 60.1 Å². The van der Waals surface area contributed by atoms with Crippen molar-refractivity contribution in [3.63, 3.8) is 0 Å². The Kier molecular flexibility index (Phi) is 7.20. The molecular formula is C54H36N4. The largest absolute Gasteiger partial charge is 0.354 e. The van der Waals surface area contributed by atoms with E-state index in [4.69, 9.17) is 0 Å². The zero-order valence-corrected chi connectivity index (χ0v) is 31.5. The minimum Gasteiger partial charge on any atom is -0.354 e. The zero-order valence-electron chi connectivity index (χ0n) is 31.5. The van der Waals surface area contributed by atoms with Crippen LogP contribution in [0.25, 0.3) is 98.8 Å². The maximum atomic E-state index is 3.72. The van der Waals surface area contributed by atoms with Crippen molar-refractivity contribution in [2.45, 2.75) is 0 Å². The summed E-state index contributed by atoms with van der Waals surface area (Å²) in [7, 11) is 0. The number of hydrogen-bond acceptors (Lipinski definition) is 1. The first-order chi connectivity index (χ1) is 28.7. The van der Waals surface area contributed by atoms with E-state index in [1.54, 1.807) is 0 Å². The standard InChI is InChI=1S/C54H36N4/c1-4-22-49-43(13-1)46-19-8-16-40(52(46)55-49)34-25-29-37(30-26-34)58(38-31-27-35(28-32-38)41-17-9-20-47-44-14-2-5-23-50(44)56-53(41)47)39-12-7-11-36(33-39)42-18-10-21-48-45-15-3-6-24-51(45)57-54(42)48/h1-33,55-57H. The van der Waals surface area contributed by atoms with Gasteiger partial charge in [-0.25, -0.2) is 0 Å². The Morgan fingerprint density at radius 2 is 0.621 bits per heavy atom. The van der Waals surface area contributed by atoms with Crippen molar-refractivity contribution in [1.82, 2.24) is 15.0 Å². The first-order valence-corrected chi connectivity index (χ1v) is 19.8. The molecule has 0 radical (unpaired) electrons. The molecule has 58 heavy (non-hydrogen) atoms. The molecule has 12 aromatic rings. The number of fused-ring (bicyclic) bond motifs is 9. The summed E-state index contributed by atoms with van der Waals surface area (Å²) in [5, 5.41) is 7.44. The molecule has 3 N–H and O–H groups in total. The molecule has 4 nitrogen and oxygen atoms in total. The van der Waals surface area contributed by atoms with E-state index >= 15 is 0 Å². The van der Waals surface area contributed by atoms with Gasteiger partial charge < -0.3 is 19.9 Å². The third kappa shape index (κ3) is 5.09. The fraction of sp³-hybridized carbons (Fsp3) is 0. The molecular weight excluding hydrogens is 705 g/mol. The molecule has 0 aliphatic carbocycles. The lowest BCUT2D eigenvalue weighted by atomic mass is 9.99. The summed E-state index contributed by atoms with van der Waals surface area (Å²) in [5.41, 5.74) is 17.2. The van der Waals surface area contributed by atoms with Crippen LogP contribution in [0, 0.1) is 0 Å². The van der Waals surface area contributed by atoms with Gasteiger partial charge in [-0.1, -0.05) is 146 Å². The van der Waals surface area contributed by atoms with Crippen molar-refractivity contribution in [2.24, 2.45) is 0 Å². The summed E-state index contributed by atoms with van der Waals surface area (Å²) in [6, 6.07) is 72.3. The second-order valence-electron chi connectivity index (χ2n) is 15.2. The lowest BCUT2D eigenvalue weighted by Crippen LogP contribution is -2.10. The van der Waals surface area contributed by atoms with Crippen LogP contribution in [0.1, 0.15) is 0 Å². The maximum absolute atomic E-state index is 3.72. The second kappa shape index (κ2) is 12.9. The highest BCUT2D eigenvalue weighted by Gasteiger charge is 2.18. The van der Waals surface area contributed by atoms with Gasteiger partial charge in [0.25, 0.3) is 0 Å². The monoisotopic (exact) mass is 740 g/mol. The predicted molar refractivity (Wildman–Crippen MR) is 246 cm³/mol. The molecule has 0 unspecified atom stereocenters. The summed E-state index contributed by atoms with van der Waals surface area (Å²) in [6.45, 7) is 0. The average molecular weight is 741 g/mol. The predicted octanol–water partition coefficient (Wildman–Crippen LogP) is 15.1. The highest BCUT2D eigenvalue weighted by molar-refractivity contribution is 6.14. The van der Waals surface area contributed by atoms with Crippen LogP contribution in [0.4, 0.5) is 17.1 Å².